The van der Waals surface area contributed by atoms with Crippen molar-refractivity contribution in [1.29, 1.82) is 0 Å². The predicted octanol–water partition coefficient (Wildman–Crippen LogP) is 1.24. The third kappa shape index (κ3) is 3.82. The largest absolute Gasteiger partial charge is 0.493 e. The number of likely N-dealkylation sites (N-methyl/N-ethyl adjacent to an activating group) is 1. The van der Waals surface area contributed by atoms with E-state index in [9.17, 15) is 9.18 Å². The minimum absolute atomic E-state index is 0.180. The fraction of sp³-hybridized carbons (Fsp3) is 0.462. The van der Waals surface area contributed by atoms with E-state index in [1.54, 1.807) is 14.0 Å². The van der Waals surface area contributed by atoms with Crippen molar-refractivity contribution in [1.82, 2.24) is 10.6 Å². The minimum atomic E-state index is -0.458. The van der Waals surface area contributed by atoms with Crippen LogP contribution in [0.2, 0.25) is 0 Å². The molecule has 0 aromatic heterocycles. The van der Waals surface area contributed by atoms with Gasteiger partial charge >= 0.3 is 0 Å². The van der Waals surface area contributed by atoms with Crippen molar-refractivity contribution < 1.29 is 18.7 Å². The number of rotatable bonds is 6. The number of carbonyl (C=O) groups excluding carboxylic acids is 1. The molecule has 1 aromatic rings. The number of methoxy groups -OCH3 is 2. The van der Waals surface area contributed by atoms with Gasteiger partial charge in [-0.25, -0.2) is 4.39 Å². The van der Waals surface area contributed by atoms with Crippen LogP contribution in [0.4, 0.5) is 4.39 Å². The first-order chi connectivity index (χ1) is 9.03. The maximum atomic E-state index is 13.9. The molecule has 2 N–H and O–H groups in total. The van der Waals surface area contributed by atoms with Gasteiger partial charge in [0, 0.05) is 11.6 Å². The Bertz CT molecular complexity index is 452. The Morgan fingerprint density at radius 2 is 1.89 bits per heavy atom. The highest BCUT2D eigenvalue weighted by Crippen LogP contribution is 2.32. The Morgan fingerprint density at radius 3 is 2.42 bits per heavy atom. The molecule has 1 aromatic carbocycles. The second-order valence-electron chi connectivity index (χ2n) is 4.05. The summed E-state index contributed by atoms with van der Waals surface area (Å²) < 4.78 is 24.1. The van der Waals surface area contributed by atoms with Crippen LogP contribution in [0.15, 0.2) is 12.1 Å². The average molecular weight is 270 g/mol. The molecule has 0 saturated heterocycles. The van der Waals surface area contributed by atoms with E-state index in [4.69, 9.17) is 9.47 Å². The standard InChI is InChI=1S/C13H19FN2O3/c1-8(16-13(17)7-15-2)9-5-11(18-3)12(19-4)6-10(9)14/h5-6,8,15H,7H2,1-4H3,(H,16,17). The molecule has 0 aliphatic carbocycles. The third-order valence-corrected chi connectivity index (χ3v) is 2.68. The van der Waals surface area contributed by atoms with E-state index in [-0.39, 0.29) is 12.5 Å². The Balaban J connectivity index is 2.96. The van der Waals surface area contributed by atoms with Gasteiger partial charge in [-0.2, -0.15) is 0 Å². The molecule has 1 amide bonds. The van der Waals surface area contributed by atoms with E-state index < -0.39 is 11.9 Å². The van der Waals surface area contributed by atoms with Gasteiger partial charge < -0.3 is 20.1 Å². The highest BCUT2D eigenvalue weighted by molar-refractivity contribution is 5.78. The lowest BCUT2D eigenvalue weighted by Gasteiger charge is -2.17. The van der Waals surface area contributed by atoms with Gasteiger partial charge in [0.25, 0.3) is 0 Å². The quantitative estimate of drug-likeness (QED) is 0.816. The van der Waals surface area contributed by atoms with E-state index in [2.05, 4.69) is 10.6 Å². The summed E-state index contributed by atoms with van der Waals surface area (Å²) in [6, 6.07) is 2.31. The first-order valence-corrected chi connectivity index (χ1v) is 5.88. The van der Waals surface area contributed by atoms with Crippen LogP contribution in [0.5, 0.6) is 11.5 Å². The SMILES string of the molecule is CNCC(=O)NC(C)c1cc(OC)c(OC)cc1F. The van der Waals surface area contributed by atoms with E-state index in [1.165, 1.54) is 26.4 Å². The van der Waals surface area contributed by atoms with Crippen molar-refractivity contribution in [3.05, 3.63) is 23.5 Å². The molecule has 0 fully saturated rings. The molecule has 1 unspecified atom stereocenters. The van der Waals surface area contributed by atoms with Crippen LogP contribution in [0.3, 0.4) is 0 Å². The van der Waals surface area contributed by atoms with Gasteiger partial charge in [-0.15, -0.1) is 0 Å². The molecule has 1 rings (SSSR count). The van der Waals surface area contributed by atoms with Crippen molar-refractivity contribution in [2.24, 2.45) is 0 Å². The number of ether oxygens (including phenoxy) is 2. The summed E-state index contributed by atoms with van der Waals surface area (Å²) in [6.45, 7) is 1.89. The van der Waals surface area contributed by atoms with Crippen molar-refractivity contribution in [2.75, 3.05) is 27.8 Å². The molecule has 1 atom stereocenters. The van der Waals surface area contributed by atoms with Crippen molar-refractivity contribution in [2.45, 2.75) is 13.0 Å². The molecule has 0 spiro atoms. The zero-order valence-electron chi connectivity index (χ0n) is 11.5. The normalized spacial score (nSPS) is 11.8. The lowest BCUT2D eigenvalue weighted by atomic mass is 10.1. The fourth-order valence-corrected chi connectivity index (χ4v) is 1.73. The second-order valence-corrected chi connectivity index (χ2v) is 4.05. The first kappa shape index (κ1) is 15.2. The molecule has 0 aliphatic rings. The Kier molecular flexibility index (Phi) is 5.57. The van der Waals surface area contributed by atoms with Gasteiger partial charge in [0.1, 0.15) is 5.82 Å². The zero-order chi connectivity index (χ0) is 14.4. The minimum Gasteiger partial charge on any atom is -0.493 e. The van der Waals surface area contributed by atoms with Crippen molar-refractivity contribution >= 4 is 5.91 Å². The smallest absolute Gasteiger partial charge is 0.234 e. The summed E-state index contributed by atoms with van der Waals surface area (Å²) in [7, 11) is 4.58. The number of nitrogens with one attached hydrogen (secondary N) is 2. The zero-order valence-corrected chi connectivity index (χ0v) is 11.5. The predicted molar refractivity (Wildman–Crippen MR) is 70.0 cm³/mol. The van der Waals surface area contributed by atoms with Crippen LogP contribution >= 0.6 is 0 Å². The maximum Gasteiger partial charge on any atom is 0.234 e. The van der Waals surface area contributed by atoms with Crippen LogP contribution in [0.25, 0.3) is 0 Å². The summed E-state index contributed by atoms with van der Waals surface area (Å²) in [6.07, 6.45) is 0. The monoisotopic (exact) mass is 270 g/mol. The van der Waals surface area contributed by atoms with Gasteiger partial charge in [-0.05, 0) is 20.0 Å². The molecule has 0 radical (unpaired) electrons. The molecule has 5 nitrogen and oxygen atoms in total. The van der Waals surface area contributed by atoms with Gasteiger partial charge in [0.05, 0.1) is 26.8 Å². The van der Waals surface area contributed by atoms with Gasteiger partial charge in [-0.1, -0.05) is 0 Å². The molecule has 0 aliphatic heterocycles. The van der Waals surface area contributed by atoms with Crippen molar-refractivity contribution in [3.63, 3.8) is 0 Å². The topological polar surface area (TPSA) is 59.6 Å². The summed E-state index contributed by atoms with van der Waals surface area (Å²) in [4.78, 5) is 11.5. The van der Waals surface area contributed by atoms with Crippen LogP contribution in [-0.4, -0.2) is 33.7 Å². The molecular weight excluding hydrogens is 251 g/mol. The van der Waals surface area contributed by atoms with Crippen LogP contribution < -0.4 is 20.1 Å². The Labute approximate surface area is 112 Å². The van der Waals surface area contributed by atoms with Gasteiger partial charge in [0.15, 0.2) is 11.5 Å². The molecule has 19 heavy (non-hydrogen) atoms. The number of hydrogen-bond donors (Lipinski definition) is 2. The number of carbonyl (C=O) groups is 1. The van der Waals surface area contributed by atoms with E-state index in [1.807, 2.05) is 0 Å². The fourth-order valence-electron chi connectivity index (χ4n) is 1.73. The van der Waals surface area contributed by atoms with Gasteiger partial charge in [0.2, 0.25) is 5.91 Å². The summed E-state index contributed by atoms with van der Waals surface area (Å²) in [5.41, 5.74) is 0.349. The van der Waals surface area contributed by atoms with Crippen LogP contribution in [0.1, 0.15) is 18.5 Å². The van der Waals surface area contributed by atoms with Crippen LogP contribution in [0, 0.1) is 5.82 Å². The average Bonchev–Trinajstić information content (AvgIpc) is 2.38. The lowest BCUT2D eigenvalue weighted by molar-refractivity contribution is -0.120. The highest BCUT2D eigenvalue weighted by Gasteiger charge is 2.17. The van der Waals surface area contributed by atoms with Crippen LogP contribution in [-0.2, 0) is 4.79 Å². The van der Waals surface area contributed by atoms with E-state index >= 15 is 0 Å². The summed E-state index contributed by atoms with van der Waals surface area (Å²) >= 11 is 0. The first-order valence-electron chi connectivity index (χ1n) is 5.88. The number of halogens is 1. The molecule has 6 heteroatoms. The maximum absolute atomic E-state index is 13.9. The summed E-state index contributed by atoms with van der Waals surface area (Å²) in [5, 5.41) is 5.42. The molecule has 0 heterocycles. The summed E-state index contributed by atoms with van der Waals surface area (Å²) in [5.74, 6) is 0.0882. The number of benzene rings is 1. The van der Waals surface area contributed by atoms with Gasteiger partial charge in [-0.3, -0.25) is 4.79 Å². The molecule has 0 saturated carbocycles. The number of hydrogen-bond acceptors (Lipinski definition) is 4. The second kappa shape index (κ2) is 6.94. The van der Waals surface area contributed by atoms with Crippen molar-refractivity contribution in [3.8, 4) is 11.5 Å². The Hall–Kier alpha value is -1.82. The highest BCUT2D eigenvalue weighted by atomic mass is 19.1. The van der Waals surface area contributed by atoms with E-state index in [0.717, 1.165) is 0 Å². The Morgan fingerprint density at radius 1 is 1.32 bits per heavy atom. The number of amides is 1. The molecule has 106 valence electrons. The van der Waals surface area contributed by atoms with E-state index in [0.29, 0.717) is 17.1 Å². The molecular formula is C13H19FN2O3. The molecule has 0 bridgehead atoms. The lowest BCUT2D eigenvalue weighted by Crippen LogP contribution is -2.34. The third-order valence-electron chi connectivity index (χ3n) is 2.68.